The van der Waals surface area contributed by atoms with E-state index < -0.39 is 39.9 Å². The first-order chi connectivity index (χ1) is 13.6. The van der Waals surface area contributed by atoms with Crippen LogP contribution in [0.5, 0.6) is 0 Å². The van der Waals surface area contributed by atoms with E-state index in [1.807, 2.05) is 30.3 Å². The molecule has 0 amide bonds. The minimum Gasteiger partial charge on any atom is -0.212 e. The molecule has 2 aliphatic rings. The molecule has 2 aromatic carbocycles. The fourth-order valence-electron chi connectivity index (χ4n) is 4.29. The zero-order chi connectivity index (χ0) is 20.8. The van der Waals surface area contributed by atoms with Gasteiger partial charge in [0.25, 0.3) is 0 Å². The van der Waals surface area contributed by atoms with Crippen molar-refractivity contribution in [2.75, 3.05) is 5.75 Å². The highest BCUT2D eigenvalue weighted by Gasteiger charge is 2.47. The van der Waals surface area contributed by atoms with E-state index in [2.05, 4.69) is 0 Å². The molecule has 2 atom stereocenters. The highest BCUT2D eigenvalue weighted by molar-refractivity contribution is 7.89. The Kier molecular flexibility index (Phi) is 5.02. The third-order valence-electron chi connectivity index (χ3n) is 5.42. The summed E-state index contributed by atoms with van der Waals surface area (Å²) < 4.78 is 78.3. The van der Waals surface area contributed by atoms with E-state index >= 15 is 0 Å². The standard InChI is InChI=1S/C21H19F4NO2S/c22-20-12-15(6-9-19(20)14-4-2-1-3-5-14)16-10-17-7-8-18(11-16)26(17)29(27,28)13-21(23,24)25/h1-6,9-10,12,17-18H,7-8,11,13H2. The average Bonchev–Trinajstić information content (AvgIpc) is 2.92. The van der Waals surface area contributed by atoms with Crippen LogP contribution >= 0.6 is 0 Å². The summed E-state index contributed by atoms with van der Waals surface area (Å²) in [5.74, 6) is -2.25. The summed E-state index contributed by atoms with van der Waals surface area (Å²) in [6.07, 6.45) is -1.87. The first-order valence-corrected chi connectivity index (χ1v) is 10.9. The van der Waals surface area contributed by atoms with Gasteiger partial charge in [-0.1, -0.05) is 48.5 Å². The molecule has 2 aliphatic heterocycles. The summed E-state index contributed by atoms with van der Waals surface area (Å²) in [5, 5.41) is 0. The Balaban J connectivity index is 1.61. The number of sulfonamides is 1. The average molecular weight is 425 g/mol. The Morgan fingerprint density at radius 1 is 1.00 bits per heavy atom. The maximum Gasteiger partial charge on any atom is 0.404 e. The Morgan fingerprint density at radius 3 is 2.34 bits per heavy atom. The molecule has 2 heterocycles. The molecule has 1 saturated heterocycles. The smallest absolute Gasteiger partial charge is 0.212 e. The van der Waals surface area contributed by atoms with E-state index in [4.69, 9.17) is 0 Å². The van der Waals surface area contributed by atoms with Gasteiger partial charge in [-0.15, -0.1) is 0 Å². The summed E-state index contributed by atoms with van der Waals surface area (Å²) in [4.78, 5) is 0. The van der Waals surface area contributed by atoms with Crippen molar-refractivity contribution in [3.8, 4) is 11.1 Å². The molecule has 29 heavy (non-hydrogen) atoms. The molecule has 8 heteroatoms. The number of halogens is 4. The molecular weight excluding hydrogens is 406 g/mol. The van der Waals surface area contributed by atoms with Crippen LogP contribution in [-0.4, -0.2) is 36.7 Å². The third kappa shape index (κ3) is 4.09. The molecule has 2 unspecified atom stereocenters. The Bertz CT molecular complexity index is 1050. The van der Waals surface area contributed by atoms with Crippen LogP contribution in [0.15, 0.2) is 54.6 Å². The van der Waals surface area contributed by atoms with Crippen LogP contribution in [0.2, 0.25) is 0 Å². The van der Waals surface area contributed by atoms with Gasteiger partial charge in [-0.05, 0) is 42.0 Å². The molecule has 0 aromatic heterocycles. The maximum absolute atomic E-state index is 14.7. The Morgan fingerprint density at radius 2 is 1.72 bits per heavy atom. The first kappa shape index (κ1) is 20.1. The van der Waals surface area contributed by atoms with Gasteiger partial charge in [0.1, 0.15) is 5.82 Å². The molecular formula is C21H19F4NO2S. The molecule has 0 radical (unpaired) electrons. The highest BCUT2D eigenvalue weighted by Crippen LogP contribution is 2.41. The van der Waals surface area contributed by atoms with Crippen molar-refractivity contribution < 1.29 is 26.0 Å². The minimum absolute atomic E-state index is 0.276. The summed E-state index contributed by atoms with van der Waals surface area (Å²) in [6.45, 7) is 0. The summed E-state index contributed by atoms with van der Waals surface area (Å²) in [5.41, 5.74) is 2.61. The van der Waals surface area contributed by atoms with Crippen molar-refractivity contribution in [1.82, 2.24) is 4.31 Å². The number of benzene rings is 2. The fourth-order valence-corrected chi connectivity index (χ4v) is 6.06. The molecule has 0 aliphatic carbocycles. The number of fused-ring (bicyclic) bond motifs is 2. The SMILES string of the molecule is O=S(=O)(CC(F)(F)F)N1C2C=C(c3ccc(-c4ccccc4)c(F)c3)CC1CC2. The fraction of sp³-hybridized carbons (Fsp3) is 0.333. The summed E-state index contributed by atoms with van der Waals surface area (Å²) >= 11 is 0. The van der Waals surface area contributed by atoms with Crippen LogP contribution in [0.3, 0.4) is 0 Å². The molecule has 0 saturated carbocycles. The van der Waals surface area contributed by atoms with Crippen molar-refractivity contribution in [2.45, 2.75) is 37.5 Å². The summed E-state index contributed by atoms with van der Waals surface area (Å²) in [6, 6.07) is 12.8. The van der Waals surface area contributed by atoms with Gasteiger partial charge in [-0.2, -0.15) is 17.5 Å². The molecule has 1 fully saturated rings. The van der Waals surface area contributed by atoms with Gasteiger partial charge in [-0.25, -0.2) is 12.8 Å². The lowest BCUT2D eigenvalue weighted by Gasteiger charge is -2.33. The second-order valence-electron chi connectivity index (χ2n) is 7.46. The van der Waals surface area contributed by atoms with Gasteiger partial charge < -0.3 is 0 Å². The molecule has 4 rings (SSSR count). The van der Waals surface area contributed by atoms with Crippen LogP contribution in [0.1, 0.15) is 24.8 Å². The van der Waals surface area contributed by atoms with Crippen molar-refractivity contribution in [1.29, 1.82) is 0 Å². The van der Waals surface area contributed by atoms with Crippen molar-refractivity contribution in [2.24, 2.45) is 0 Å². The van der Waals surface area contributed by atoms with Gasteiger partial charge in [-0.3, -0.25) is 0 Å². The normalized spacial score (nSPS) is 22.6. The highest BCUT2D eigenvalue weighted by atomic mass is 32.2. The molecule has 154 valence electrons. The zero-order valence-electron chi connectivity index (χ0n) is 15.4. The third-order valence-corrected chi connectivity index (χ3v) is 7.33. The molecule has 0 N–H and O–H groups in total. The number of hydrogen-bond donors (Lipinski definition) is 0. The second kappa shape index (κ2) is 7.25. The molecule has 2 aromatic rings. The van der Waals surface area contributed by atoms with Gasteiger partial charge in [0.15, 0.2) is 5.75 Å². The van der Waals surface area contributed by atoms with Crippen LogP contribution in [0.25, 0.3) is 16.7 Å². The van der Waals surface area contributed by atoms with Crippen molar-refractivity contribution in [3.63, 3.8) is 0 Å². The van der Waals surface area contributed by atoms with Gasteiger partial charge in [0.05, 0.1) is 0 Å². The monoisotopic (exact) mass is 425 g/mol. The minimum atomic E-state index is -4.78. The lowest BCUT2D eigenvalue weighted by atomic mass is 9.94. The quantitative estimate of drug-likeness (QED) is 0.646. The molecule has 3 nitrogen and oxygen atoms in total. The van der Waals surface area contributed by atoms with E-state index in [0.717, 1.165) is 15.4 Å². The number of nitrogens with zero attached hydrogens (tertiary/aromatic N) is 1. The van der Waals surface area contributed by atoms with E-state index in [-0.39, 0.29) is 6.42 Å². The lowest BCUT2D eigenvalue weighted by molar-refractivity contribution is -0.107. The summed E-state index contributed by atoms with van der Waals surface area (Å²) in [7, 11) is -4.44. The van der Waals surface area contributed by atoms with Crippen molar-refractivity contribution in [3.05, 3.63) is 66.0 Å². The largest absolute Gasteiger partial charge is 0.404 e. The lowest BCUT2D eigenvalue weighted by Crippen LogP contribution is -2.46. The Labute approximate surface area is 166 Å². The van der Waals surface area contributed by atoms with Gasteiger partial charge in [0.2, 0.25) is 10.0 Å². The van der Waals surface area contributed by atoms with E-state index in [9.17, 15) is 26.0 Å². The predicted molar refractivity (Wildman–Crippen MR) is 103 cm³/mol. The zero-order valence-corrected chi connectivity index (χ0v) is 16.2. The van der Waals surface area contributed by atoms with Crippen LogP contribution in [0.4, 0.5) is 17.6 Å². The van der Waals surface area contributed by atoms with E-state index in [1.165, 1.54) is 6.07 Å². The van der Waals surface area contributed by atoms with Crippen molar-refractivity contribution >= 4 is 15.6 Å². The topological polar surface area (TPSA) is 37.4 Å². The molecule has 0 spiro atoms. The predicted octanol–water partition coefficient (Wildman–Crippen LogP) is 5.00. The number of rotatable bonds is 4. The Hall–Kier alpha value is -2.19. The van der Waals surface area contributed by atoms with Crippen LogP contribution in [0, 0.1) is 5.82 Å². The maximum atomic E-state index is 14.7. The number of alkyl halides is 3. The van der Waals surface area contributed by atoms with E-state index in [0.29, 0.717) is 24.0 Å². The van der Waals surface area contributed by atoms with Crippen LogP contribution in [-0.2, 0) is 10.0 Å². The number of hydrogen-bond acceptors (Lipinski definition) is 2. The van der Waals surface area contributed by atoms with Crippen LogP contribution < -0.4 is 0 Å². The van der Waals surface area contributed by atoms with Gasteiger partial charge >= 0.3 is 6.18 Å². The van der Waals surface area contributed by atoms with E-state index in [1.54, 1.807) is 18.2 Å². The molecule has 2 bridgehead atoms. The second-order valence-corrected chi connectivity index (χ2v) is 9.33. The van der Waals surface area contributed by atoms with Gasteiger partial charge in [0, 0.05) is 17.6 Å². The first-order valence-electron chi connectivity index (χ1n) is 9.28.